The molecule has 0 amide bonds. The van der Waals surface area contributed by atoms with Crippen molar-refractivity contribution in [2.75, 3.05) is 0 Å². The summed E-state index contributed by atoms with van der Waals surface area (Å²) >= 11 is 8.10. The minimum Gasteiger partial charge on any atom is -0.263 e. The first-order valence-corrected chi connectivity index (χ1v) is 5.38. The lowest BCUT2D eigenvalue weighted by Gasteiger charge is -1.99. The molecular weight excluding hydrogens is 232 g/mol. The van der Waals surface area contributed by atoms with Gasteiger partial charge in [-0.25, -0.2) is 0 Å². The molecular formula is C4H6N4O2S3. The van der Waals surface area contributed by atoms with Crippen molar-refractivity contribution < 1.29 is 8.42 Å². The lowest BCUT2D eigenvalue weighted by molar-refractivity contribution is 0.581. The van der Waals surface area contributed by atoms with Crippen LogP contribution in [-0.2, 0) is 17.1 Å². The Hall–Kier alpha value is -0.670. The van der Waals surface area contributed by atoms with Gasteiger partial charge in [-0.05, 0) is 0 Å². The van der Waals surface area contributed by atoms with Crippen LogP contribution in [0.5, 0.6) is 0 Å². The van der Waals surface area contributed by atoms with Gasteiger partial charge in [0.05, 0.1) is 6.20 Å². The molecule has 13 heavy (non-hydrogen) atoms. The van der Waals surface area contributed by atoms with E-state index >= 15 is 0 Å². The van der Waals surface area contributed by atoms with Crippen LogP contribution < -0.4 is 4.72 Å². The van der Waals surface area contributed by atoms with Crippen molar-refractivity contribution in [3.05, 3.63) is 6.20 Å². The maximum atomic E-state index is 11.3. The number of aromatic nitrogens is 3. The molecule has 72 valence electrons. The van der Waals surface area contributed by atoms with E-state index in [4.69, 9.17) is 0 Å². The molecule has 0 aliphatic carbocycles. The second-order valence-electron chi connectivity index (χ2n) is 2.08. The molecule has 0 saturated carbocycles. The summed E-state index contributed by atoms with van der Waals surface area (Å²) in [6.07, 6.45) is 1.12. The molecule has 0 spiro atoms. The van der Waals surface area contributed by atoms with Gasteiger partial charge < -0.3 is 0 Å². The van der Waals surface area contributed by atoms with Crippen LogP contribution in [0.3, 0.4) is 0 Å². The molecule has 9 heteroatoms. The van der Waals surface area contributed by atoms with Crippen LogP contribution in [0.1, 0.15) is 0 Å². The van der Waals surface area contributed by atoms with Crippen LogP contribution in [0.25, 0.3) is 0 Å². The Labute approximate surface area is 85.8 Å². The van der Waals surface area contributed by atoms with Gasteiger partial charge in [0.2, 0.25) is 5.03 Å². The third-order valence-corrected chi connectivity index (χ3v) is 2.78. The third kappa shape index (κ3) is 2.64. The lowest BCUT2D eigenvalue weighted by atomic mass is 11.0. The first-order chi connectivity index (χ1) is 5.92. The number of thiol groups is 1. The molecule has 0 radical (unpaired) electrons. The molecule has 1 aromatic heterocycles. The molecule has 0 saturated heterocycles. The van der Waals surface area contributed by atoms with Crippen molar-refractivity contribution >= 4 is 39.2 Å². The molecule has 0 aliphatic rings. The van der Waals surface area contributed by atoms with E-state index in [1.54, 1.807) is 0 Å². The first-order valence-electron chi connectivity index (χ1n) is 3.04. The number of nitrogens with zero attached hydrogens (tertiary/aromatic N) is 3. The van der Waals surface area contributed by atoms with Crippen molar-refractivity contribution in [2.45, 2.75) is 5.03 Å². The van der Waals surface area contributed by atoms with Gasteiger partial charge in [-0.1, -0.05) is 12.2 Å². The number of hydrogen-bond donors (Lipinski definition) is 2. The third-order valence-electron chi connectivity index (χ3n) is 1.08. The summed E-state index contributed by atoms with van der Waals surface area (Å²) in [4.78, 5) is 1.14. The highest BCUT2D eigenvalue weighted by atomic mass is 32.2. The number of nitrogens with one attached hydrogen (secondary N) is 1. The summed E-state index contributed by atoms with van der Waals surface area (Å²) in [5.74, 6) is 0. The Kier molecular flexibility index (Phi) is 2.88. The van der Waals surface area contributed by atoms with E-state index in [0.29, 0.717) is 0 Å². The molecule has 0 aliphatic heterocycles. The minimum absolute atomic E-state index is 0.134. The van der Waals surface area contributed by atoms with Crippen LogP contribution >= 0.6 is 24.8 Å². The van der Waals surface area contributed by atoms with E-state index in [2.05, 4.69) is 35.0 Å². The Balaban J connectivity index is 3.01. The smallest absolute Gasteiger partial charge is 0.263 e. The van der Waals surface area contributed by atoms with Gasteiger partial charge in [0.15, 0.2) is 0 Å². The Bertz CT molecular complexity index is 422. The predicted octanol–water partition coefficient (Wildman–Crippen LogP) is -0.692. The average Bonchev–Trinajstić information content (AvgIpc) is 2.32. The van der Waals surface area contributed by atoms with Crippen LogP contribution in [0.15, 0.2) is 11.2 Å². The van der Waals surface area contributed by atoms with Crippen LogP contribution in [-0.4, -0.2) is 27.7 Å². The van der Waals surface area contributed by atoms with E-state index < -0.39 is 10.0 Å². The van der Waals surface area contributed by atoms with Crippen molar-refractivity contribution in [3.8, 4) is 0 Å². The van der Waals surface area contributed by atoms with Crippen molar-refractivity contribution in [1.82, 2.24) is 19.7 Å². The number of sulfonamides is 1. The summed E-state index contributed by atoms with van der Waals surface area (Å²) in [5, 5.41) is 7.02. The van der Waals surface area contributed by atoms with Crippen molar-refractivity contribution in [2.24, 2.45) is 7.05 Å². The molecule has 0 atom stereocenters. The highest BCUT2D eigenvalue weighted by Gasteiger charge is 2.17. The van der Waals surface area contributed by atoms with E-state index in [1.165, 1.54) is 7.05 Å². The Morgan fingerprint density at radius 2 is 2.38 bits per heavy atom. The zero-order valence-corrected chi connectivity index (χ0v) is 9.03. The monoisotopic (exact) mass is 238 g/mol. The molecule has 6 nitrogen and oxygen atoms in total. The van der Waals surface area contributed by atoms with E-state index in [9.17, 15) is 8.42 Å². The van der Waals surface area contributed by atoms with Crippen molar-refractivity contribution in [3.63, 3.8) is 0 Å². The van der Waals surface area contributed by atoms with Gasteiger partial charge in [-0.3, -0.25) is 4.72 Å². The Morgan fingerprint density at radius 1 is 1.77 bits per heavy atom. The maximum Gasteiger partial charge on any atom is 0.283 e. The van der Waals surface area contributed by atoms with E-state index in [1.807, 2.05) is 4.72 Å². The van der Waals surface area contributed by atoms with E-state index in [0.717, 1.165) is 11.0 Å². The first kappa shape index (κ1) is 10.4. The topological polar surface area (TPSA) is 76.9 Å². The summed E-state index contributed by atoms with van der Waals surface area (Å²) in [6, 6.07) is 0. The fourth-order valence-corrected chi connectivity index (χ4v) is 2.05. The maximum absolute atomic E-state index is 11.3. The van der Waals surface area contributed by atoms with Gasteiger partial charge in [-0.2, -0.15) is 18.3 Å². The summed E-state index contributed by atoms with van der Waals surface area (Å²) in [6.45, 7) is 0. The van der Waals surface area contributed by atoms with Gasteiger partial charge in [0, 0.05) is 7.05 Å². The summed E-state index contributed by atoms with van der Waals surface area (Å²) in [5.41, 5.74) is 0. The highest BCUT2D eigenvalue weighted by Crippen LogP contribution is 2.01. The molecule has 1 aromatic rings. The van der Waals surface area contributed by atoms with Gasteiger partial charge in [0.1, 0.15) is 4.32 Å². The van der Waals surface area contributed by atoms with Crippen LogP contribution in [0.2, 0.25) is 0 Å². The standard InChI is InChI=1S/C4H6N4O2S3/c1-8-5-2-3(6-8)13(9,10)7-4(11)12/h2H,1H3,(H2,7,11,12). The molecule has 0 bridgehead atoms. The second kappa shape index (κ2) is 3.60. The SMILES string of the molecule is Cn1ncc(S(=O)(=O)NC(=S)S)n1. The minimum atomic E-state index is -3.70. The van der Waals surface area contributed by atoms with Gasteiger partial charge in [-0.15, -0.1) is 17.7 Å². The van der Waals surface area contributed by atoms with Crippen LogP contribution in [0.4, 0.5) is 0 Å². The van der Waals surface area contributed by atoms with E-state index in [-0.39, 0.29) is 9.35 Å². The zero-order chi connectivity index (χ0) is 10.1. The summed E-state index contributed by atoms with van der Waals surface area (Å²) in [7, 11) is -2.19. The normalized spacial score (nSPS) is 11.2. The fraction of sp³-hybridized carbons (Fsp3) is 0.250. The number of rotatable bonds is 2. The Morgan fingerprint density at radius 3 is 2.77 bits per heavy atom. The molecule has 1 N–H and O–H groups in total. The number of hydrogen-bond acceptors (Lipinski definition) is 5. The molecule has 1 rings (SSSR count). The van der Waals surface area contributed by atoms with Crippen molar-refractivity contribution in [1.29, 1.82) is 0 Å². The quantitative estimate of drug-likeness (QED) is 0.527. The predicted molar refractivity (Wildman–Crippen MR) is 52.9 cm³/mol. The number of thiocarbonyl (C=S) groups is 1. The average molecular weight is 238 g/mol. The van der Waals surface area contributed by atoms with Gasteiger partial charge in [0.25, 0.3) is 10.0 Å². The molecule has 1 heterocycles. The second-order valence-corrected chi connectivity index (χ2v) is 4.87. The van der Waals surface area contributed by atoms with Crippen LogP contribution in [0, 0.1) is 0 Å². The lowest BCUT2D eigenvalue weighted by Crippen LogP contribution is -2.26. The molecule has 0 aromatic carbocycles. The molecule has 0 unspecified atom stereocenters. The molecule has 0 fully saturated rings. The largest absolute Gasteiger partial charge is 0.283 e. The fourth-order valence-electron chi connectivity index (χ4n) is 0.618. The summed E-state index contributed by atoms with van der Waals surface area (Å²) < 4.78 is 24.5. The van der Waals surface area contributed by atoms with Gasteiger partial charge >= 0.3 is 0 Å². The zero-order valence-electron chi connectivity index (χ0n) is 6.50. The highest BCUT2D eigenvalue weighted by molar-refractivity contribution is 8.12. The number of aryl methyl sites for hydroxylation is 1.